The number of halogens is 1. The summed E-state index contributed by atoms with van der Waals surface area (Å²) >= 11 is 0. The summed E-state index contributed by atoms with van der Waals surface area (Å²) < 4.78 is 30.4. The zero-order chi connectivity index (χ0) is 30.2. The number of benzene rings is 2. The number of piperidine rings is 1. The Balaban J connectivity index is 1.56. The lowest BCUT2D eigenvalue weighted by atomic mass is 9.81. The molecule has 2 aromatic carbocycles. The molecule has 0 radical (unpaired) electrons. The van der Waals surface area contributed by atoms with Gasteiger partial charge < -0.3 is 29.7 Å². The Morgan fingerprint density at radius 1 is 0.878 bits per heavy atom. The van der Waals surface area contributed by atoms with E-state index in [9.17, 15) is 18.8 Å². The molecule has 0 spiro atoms. The van der Waals surface area contributed by atoms with Crippen LogP contribution in [0, 0.1) is 11.7 Å². The van der Waals surface area contributed by atoms with Gasteiger partial charge in [-0.3, -0.25) is 4.79 Å². The van der Waals surface area contributed by atoms with Crippen molar-refractivity contribution in [3.05, 3.63) is 65.5 Å². The number of hydrogen-bond donors (Lipinski definition) is 2. The van der Waals surface area contributed by atoms with E-state index in [1.165, 1.54) is 12.1 Å². The molecule has 3 rings (SSSR count). The number of amides is 3. The summed E-state index contributed by atoms with van der Waals surface area (Å²) in [5, 5.41) is 5.35. The van der Waals surface area contributed by atoms with Gasteiger partial charge in [-0.25, -0.2) is 14.0 Å². The normalized spacial score (nSPS) is 17.4. The molecule has 0 aromatic heterocycles. The smallest absolute Gasteiger partial charge is 0.410 e. The van der Waals surface area contributed by atoms with Crippen LogP contribution in [0.1, 0.15) is 69.8 Å². The van der Waals surface area contributed by atoms with Crippen molar-refractivity contribution in [1.82, 2.24) is 15.5 Å². The molecule has 2 N–H and O–H groups in total. The molecule has 41 heavy (non-hydrogen) atoms. The fourth-order valence-electron chi connectivity index (χ4n) is 4.50. The van der Waals surface area contributed by atoms with Crippen LogP contribution in [0.25, 0.3) is 0 Å². The highest BCUT2D eigenvalue weighted by Crippen LogP contribution is 2.34. The molecule has 1 fully saturated rings. The summed E-state index contributed by atoms with van der Waals surface area (Å²) in [5.41, 5.74) is 0.261. The monoisotopic (exact) mass is 571 g/mol. The van der Waals surface area contributed by atoms with Gasteiger partial charge in [-0.2, -0.15) is 0 Å². The lowest BCUT2D eigenvalue weighted by Crippen LogP contribution is -2.46. The van der Waals surface area contributed by atoms with Crippen molar-refractivity contribution in [1.29, 1.82) is 0 Å². The van der Waals surface area contributed by atoms with Gasteiger partial charge in [0.05, 0.1) is 6.61 Å². The number of carbonyl (C=O) groups is 3. The van der Waals surface area contributed by atoms with Gasteiger partial charge in [0.2, 0.25) is 0 Å². The summed E-state index contributed by atoms with van der Waals surface area (Å²) in [7, 11) is 0. The molecule has 2 atom stereocenters. The zero-order valence-corrected chi connectivity index (χ0v) is 24.8. The molecule has 1 aliphatic rings. The molecule has 9 nitrogen and oxygen atoms in total. The van der Waals surface area contributed by atoms with E-state index in [-0.39, 0.29) is 42.7 Å². The molecule has 0 unspecified atom stereocenters. The largest absolute Gasteiger partial charge is 0.493 e. The van der Waals surface area contributed by atoms with Gasteiger partial charge in [0.15, 0.2) is 0 Å². The van der Waals surface area contributed by atoms with Crippen LogP contribution in [0.3, 0.4) is 0 Å². The molecule has 10 heteroatoms. The summed E-state index contributed by atoms with van der Waals surface area (Å²) in [6.07, 6.45) is -0.209. The number of ether oxygens (including phenoxy) is 3. The Morgan fingerprint density at radius 3 is 2.10 bits per heavy atom. The molecule has 0 saturated carbocycles. The van der Waals surface area contributed by atoms with E-state index in [2.05, 4.69) is 10.6 Å². The molecule has 2 aromatic rings. The van der Waals surface area contributed by atoms with Gasteiger partial charge >= 0.3 is 12.2 Å². The average Bonchev–Trinajstić information content (AvgIpc) is 2.88. The summed E-state index contributed by atoms with van der Waals surface area (Å²) in [6.45, 7) is 12.6. The lowest BCUT2D eigenvalue weighted by molar-refractivity contribution is 0.0111. The third-order valence-electron chi connectivity index (χ3n) is 6.34. The standard InChI is InChI=1S/C31H42FN3O6/c1-30(2,3)40-28(37)34-17-16-33-27(36)22-9-13-25(14-10-22)39-20-23-19-35(29(38)41-31(4,5)6)18-15-26(23)21-7-11-24(32)12-8-21/h7-14,23,26H,15-20H2,1-6H3,(H,33,36)(H,34,37)/t23-,26-/m0/s1. The molecular weight excluding hydrogens is 529 g/mol. The van der Waals surface area contributed by atoms with Crippen LogP contribution in [0.5, 0.6) is 5.75 Å². The number of likely N-dealkylation sites (tertiary alicyclic amines) is 1. The van der Waals surface area contributed by atoms with Crippen LogP contribution in [-0.4, -0.2) is 67.0 Å². The minimum absolute atomic E-state index is 0.0535. The van der Waals surface area contributed by atoms with Crippen molar-refractivity contribution < 1.29 is 33.0 Å². The van der Waals surface area contributed by atoms with Crippen LogP contribution >= 0.6 is 0 Å². The Morgan fingerprint density at radius 2 is 1.49 bits per heavy atom. The van der Waals surface area contributed by atoms with Crippen LogP contribution < -0.4 is 15.4 Å². The van der Waals surface area contributed by atoms with Gasteiger partial charge in [0.25, 0.3) is 5.91 Å². The molecular formula is C31H42FN3O6. The number of alkyl carbamates (subject to hydrolysis) is 1. The minimum atomic E-state index is -0.598. The van der Waals surface area contributed by atoms with Crippen LogP contribution in [-0.2, 0) is 9.47 Å². The summed E-state index contributed by atoms with van der Waals surface area (Å²) in [4.78, 5) is 38.6. The number of carbonyl (C=O) groups excluding carboxylic acids is 3. The van der Waals surface area contributed by atoms with Crippen molar-refractivity contribution in [2.24, 2.45) is 5.92 Å². The highest BCUT2D eigenvalue weighted by molar-refractivity contribution is 5.94. The lowest BCUT2D eigenvalue weighted by Gasteiger charge is -2.39. The SMILES string of the molecule is CC(C)(C)OC(=O)NCCNC(=O)c1ccc(OC[C@@H]2CN(C(=O)OC(C)(C)C)CC[C@H]2c2ccc(F)cc2)cc1. The number of nitrogens with zero attached hydrogens (tertiary/aromatic N) is 1. The van der Waals surface area contributed by atoms with Gasteiger partial charge in [-0.15, -0.1) is 0 Å². The third kappa shape index (κ3) is 10.6. The molecule has 1 aliphatic heterocycles. The highest BCUT2D eigenvalue weighted by atomic mass is 19.1. The average molecular weight is 572 g/mol. The highest BCUT2D eigenvalue weighted by Gasteiger charge is 2.35. The first-order valence-electron chi connectivity index (χ1n) is 13.9. The van der Waals surface area contributed by atoms with Gasteiger partial charge in [0.1, 0.15) is 22.8 Å². The van der Waals surface area contributed by atoms with Gasteiger partial charge in [0, 0.05) is 37.7 Å². The van der Waals surface area contributed by atoms with Crippen molar-refractivity contribution in [3.63, 3.8) is 0 Å². The van der Waals surface area contributed by atoms with Crippen molar-refractivity contribution in [2.45, 2.75) is 65.1 Å². The maximum atomic E-state index is 13.6. The second-order valence-electron chi connectivity index (χ2n) is 12.2. The van der Waals surface area contributed by atoms with Crippen molar-refractivity contribution in [3.8, 4) is 5.75 Å². The molecule has 0 aliphatic carbocycles. The van der Waals surface area contributed by atoms with E-state index in [0.29, 0.717) is 37.4 Å². The zero-order valence-electron chi connectivity index (χ0n) is 24.8. The molecule has 0 bridgehead atoms. The predicted octanol–water partition coefficient (Wildman–Crippen LogP) is 5.50. The van der Waals surface area contributed by atoms with Crippen LogP contribution in [0.15, 0.2) is 48.5 Å². The van der Waals surface area contributed by atoms with Gasteiger partial charge in [-0.1, -0.05) is 12.1 Å². The Kier molecular flexibility index (Phi) is 10.6. The Bertz CT molecular complexity index is 1170. The minimum Gasteiger partial charge on any atom is -0.493 e. The topological polar surface area (TPSA) is 106 Å². The third-order valence-corrected chi connectivity index (χ3v) is 6.34. The van der Waals surface area contributed by atoms with E-state index < -0.39 is 17.3 Å². The van der Waals surface area contributed by atoms with E-state index >= 15 is 0 Å². The molecule has 1 saturated heterocycles. The van der Waals surface area contributed by atoms with E-state index in [1.807, 2.05) is 20.8 Å². The second-order valence-corrected chi connectivity index (χ2v) is 12.2. The molecule has 3 amide bonds. The van der Waals surface area contributed by atoms with Crippen molar-refractivity contribution in [2.75, 3.05) is 32.8 Å². The van der Waals surface area contributed by atoms with E-state index in [0.717, 1.165) is 5.56 Å². The first-order valence-corrected chi connectivity index (χ1v) is 13.9. The quantitative estimate of drug-likeness (QED) is 0.406. The van der Waals surface area contributed by atoms with Crippen LogP contribution in [0.2, 0.25) is 0 Å². The predicted molar refractivity (Wildman–Crippen MR) is 154 cm³/mol. The molecule has 224 valence electrons. The first-order chi connectivity index (χ1) is 19.2. The number of nitrogens with one attached hydrogen (secondary N) is 2. The maximum Gasteiger partial charge on any atom is 0.410 e. The second kappa shape index (κ2) is 13.7. The first kappa shape index (κ1) is 31.7. The fraction of sp³-hybridized carbons (Fsp3) is 0.516. The van der Waals surface area contributed by atoms with E-state index in [1.54, 1.807) is 62.1 Å². The summed E-state index contributed by atoms with van der Waals surface area (Å²) in [6, 6.07) is 13.2. The van der Waals surface area contributed by atoms with E-state index in [4.69, 9.17) is 14.2 Å². The Labute approximate surface area is 241 Å². The number of hydrogen-bond acceptors (Lipinski definition) is 6. The van der Waals surface area contributed by atoms with Crippen molar-refractivity contribution >= 4 is 18.1 Å². The maximum absolute atomic E-state index is 13.6. The molecule has 1 heterocycles. The number of rotatable bonds is 8. The Hall–Kier alpha value is -3.82. The van der Waals surface area contributed by atoms with Gasteiger partial charge in [-0.05, 0) is 95.8 Å². The summed E-state index contributed by atoms with van der Waals surface area (Å²) in [5.74, 6) is 0.0339. The fourth-order valence-corrected chi connectivity index (χ4v) is 4.50. The van der Waals surface area contributed by atoms with Crippen LogP contribution in [0.4, 0.5) is 14.0 Å².